The fourth-order valence-corrected chi connectivity index (χ4v) is 4.69. The molecule has 0 unspecified atom stereocenters. The van der Waals surface area contributed by atoms with Gasteiger partial charge in [-0.15, -0.1) is 0 Å². The molecule has 0 bridgehead atoms. The fraction of sp³-hybridized carbons (Fsp3) is 0.500. The van der Waals surface area contributed by atoms with Crippen molar-refractivity contribution in [3.8, 4) is 0 Å². The minimum Gasteiger partial charge on any atom is -0.351 e. The maximum Gasteiger partial charge on any atom is 0.271 e. The summed E-state index contributed by atoms with van der Waals surface area (Å²) in [7, 11) is 1.85. The predicted molar refractivity (Wildman–Crippen MR) is 125 cm³/mol. The number of amides is 1. The molecule has 170 valence electrons. The van der Waals surface area contributed by atoms with E-state index in [2.05, 4.69) is 20.4 Å². The Morgan fingerprint density at radius 1 is 1.25 bits per heavy atom. The van der Waals surface area contributed by atoms with Crippen LogP contribution in [0.15, 0.2) is 29.5 Å². The van der Waals surface area contributed by atoms with E-state index in [1.54, 1.807) is 34.6 Å². The molecule has 10 heteroatoms. The second kappa shape index (κ2) is 8.90. The topological polar surface area (TPSA) is 97.9 Å². The Balaban J connectivity index is 1.49. The summed E-state index contributed by atoms with van der Waals surface area (Å²) >= 11 is 6.10. The Hall–Kier alpha value is -2.94. The number of nitrogens with one attached hydrogen (secondary N) is 1. The van der Waals surface area contributed by atoms with E-state index in [-0.39, 0.29) is 34.6 Å². The van der Waals surface area contributed by atoms with Gasteiger partial charge >= 0.3 is 0 Å². The van der Waals surface area contributed by atoms with Crippen molar-refractivity contribution in [2.24, 2.45) is 7.05 Å². The number of halogens is 1. The number of rotatable bonds is 5. The summed E-state index contributed by atoms with van der Waals surface area (Å²) in [6.45, 7) is 5.45. The molecule has 1 fully saturated rings. The van der Waals surface area contributed by atoms with Crippen LogP contribution in [0.2, 0.25) is 5.02 Å². The van der Waals surface area contributed by atoms with Crippen LogP contribution >= 0.6 is 11.6 Å². The molecule has 0 spiro atoms. The number of nitrogens with zero attached hydrogens (tertiary/aromatic N) is 6. The highest BCUT2D eigenvalue weighted by Gasteiger charge is 2.29. The monoisotopic (exact) mass is 457 g/mol. The average molecular weight is 458 g/mol. The van der Waals surface area contributed by atoms with Gasteiger partial charge in [0.15, 0.2) is 0 Å². The van der Waals surface area contributed by atoms with Gasteiger partial charge in [0.05, 0.1) is 11.9 Å². The first-order valence-corrected chi connectivity index (χ1v) is 11.2. The van der Waals surface area contributed by atoms with E-state index in [4.69, 9.17) is 11.6 Å². The van der Waals surface area contributed by atoms with Gasteiger partial charge in [-0.2, -0.15) is 10.1 Å². The van der Waals surface area contributed by atoms with Crippen LogP contribution in [-0.4, -0.2) is 42.3 Å². The molecule has 0 atom stereocenters. The number of aryl methyl sites for hydroxylation is 1. The van der Waals surface area contributed by atoms with E-state index < -0.39 is 0 Å². The molecular formula is C22H28ClN7O2. The maximum atomic E-state index is 12.5. The van der Waals surface area contributed by atoms with Gasteiger partial charge in [-0.25, -0.2) is 4.98 Å². The van der Waals surface area contributed by atoms with Crippen LogP contribution in [0.4, 0.5) is 11.6 Å². The summed E-state index contributed by atoms with van der Waals surface area (Å²) in [4.78, 5) is 35.7. The van der Waals surface area contributed by atoms with Crippen LogP contribution in [0.3, 0.4) is 0 Å². The van der Waals surface area contributed by atoms with Gasteiger partial charge in [-0.05, 0) is 45.6 Å². The normalized spacial score (nSPS) is 18.8. The van der Waals surface area contributed by atoms with Gasteiger partial charge in [0.2, 0.25) is 11.9 Å². The molecule has 32 heavy (non-hydrogen) atoms. The van der Waals surface area contributed by atoms with E-state index in [9.17, 15) is 9.59 Å². The highest BCUT2D eigenvalue weighted by Crippen LogP contribution is 2.29. The standard InChI is InChI=1S/C22H28ClN7O2/c1-13(2)29-20-15(9-19(23)21(29)32)10-24-22(27-20)26-16-5-7-17(8-6-16)30(14(3)31)18-11-25-28(4)12-18/h9-13,16-17H,5-8H2,1-4H3,(H,24,26,27)/t16-,17-. The van der Waals surface area contributed by atoms with Gasteiger partial charge in [0.25, 0.3) is 5.56 Å². The number of carbonyl (C=O) groups is 1. The lowest BCUT2D eigenvalue weighted by Gasteiger charge is -2.36. The van der Waals surface area contributed by atoms with Crippen LogP contribution in [-0.2, 0) is 11.8 Å². The predicted octanol–water partition coefficient (Wildman–Crippen LogP) is 3.54. The van der Waals surface area contributed by atoms with E-state index in [1.165, 1.54) is 0 Å². The summed E-state index contributed by atoms with van der Waals surface area (Å²) in [5.74, 6) is 0.519. The number of carbonyl (C=O) groups excluding carboxylic acids is 1. The van der Waals surface area contributed by atoms with E-state index in [0.29, 0.717) is 11.6 Å². The van der Waals surface area contributed by atoms with Gasteiger partial charge < -0.3 is 10.2 Å². The van der Waals surface area contributed by atoms with Crippen molar-refractivity contribution >= 4 is 40.2 Å². The molecule has 0 aromatic carbocycles. The fourth-order valence-electron chi connectivity index (χ4n) is 4.48. The van der Waals surface area contributed by atoms with Gasteiger partial charge in [-0.1, -0.05) is 11.6 Å². The Kier molecular flexibility index (Phi) is 6.19. The number of fused-ring (bicyclic) bond motifs is 1. The first kappa shape index (κ1) is 22.3. The number of hydrogen-bond acceptors (Lipinski definition) is 6. The number of hydrogen-bond donors (Lipinski definition) is 1. The zero-order chi connectivity index (χ0) is 23.0. The van der Waals surface area contributed by atoms with Crippen LogP contribution in [0, 0.1) is 0 Å². The van der Waals surface area contributed by atoms with Crippen molar-refractivity contribution < 1.29 is 4.79 Å². The maximum absolute atomic E-state index is 12.5. The van der Waals surface area contributed by atoms with E-state index in [0.717, 1.165) is 36.8 Å². The largest absolute Gasteiger partial charge is 0.351 e. The van der Waals surface area contributed by atoms with Crippen LogP contribution in [0.5, 0.6) is 0 Å². The number of aromatic nitrogens is 5. The Labute approximate surface area is 191 Å². The van der Waals surface area contributed by atoms with Gasteiger partial charge in [0.1, 0.15) is 10.7 Å². The van der Waals surface area contributed by atoms with Crippen LogP contribution < -0.4 is 15.8 Å². The van der Waals surface area contributed by atoms with E-state index in [1.807, 2.05) is 32.0 Å². The smallest absolute Gasteiger partial charge is 0.271 e. The lowest BCUT2D eigenvalue weighted by Crippen LogP contribution is -2.43. The van der Waals surface area contributed by atoms with Crippen molar-refractivity contribution in [3.63, 3.8) is 0 Å². The molecule has 0 radical (unpaired) electrons. The molecule has 9 nitrogen and oxygen atoms in total. The zero-order valence-electron chi connectivity index (χ0n) is 18.7. The van der Waals surface area contributed by atoms with Crippen LogP contribution in [0.25, 0.3) is 11.0 Å². The summed E-state index contributed by atoms with van der Waals surface area (Å²) in [5.41, 5.74) is 1.15. The third kappa shape index (κ3) is 4.34. The molecule has 1 aliphatic carbocycles. The molecular weight excluding hydrogens is 430 g/mol. The molecule has 0 aliphatic heterocycles. The molecule has 1 aliphatic rings. The van der Waals surface area contributed by atoms with Crippen molar-refractivity contribution in [2.75, 3.05) is 10.2 Å². The minimum absolute atomic E-state index is 0.0255. The molecule has 3 aromatic heterocycles. The molecule has 0 saturated heterocycles. The molecule has 1 N–H and O–H groups in total. The Morgan fingerprint density at radius 3 is 2.56 bits per heavy atom. The second-order valence-corrected chi connectivity index (χ2v) is 9.05. The molecule has 4 rings (SSSR count). The molecule has 3 aromatic rings. The number of pyridine rings is 1. The van der Waals surface area contributed by atoms with Crippen molar-refractivity contribution in [1.82, 2.24) is 24.3 Å². The summed E-state index contributed by atoms with van der Waals surface area (Å²) in [6, 6.07) is 1.87. The van der Waals surface area contributed by atoms with Crippen molar-refractivity contribution in [1.29, 1.82) is 0 Å². The number of anilines is 2. The van der Waals surface area contributed by atoms with E-state index >= 15 is 0 Å². The van der Waals surface area contributed by atoms with Crippen molar-refractivity contribution in [3.05, 3.63) is 40.0 Å². The molecule has 1 amide bonds. The molecule has 1 saturated carbocycles. The highest BCUT2D eigenvalue weighted by molar-refractivity contribution is 6.31. The summed E-state index contributed by atoms with van der Waals surface area (Å²) in [6.07, 6.45) is 8.80. The second-order valence-electron chi connectivity index (χ2n) is 8.64. The summed E-state index contributed by atoms with van der Waals surface area (Å²) in [5, 5.41) is 8.51. The lowest BCUT2D eigenvalue weighted by atomic mass is 9.90. The first-order valence-electron chi connectivity index (χ1n) is 10.9. The Bertz CT molecular complexity index is 1190. The van der Waals surface area contributed by atoms with Crippen LogP contribution in [0.1, 0.15) is 52.5 Å². The summed E-state index contributed by atoms with van der Waals surface area (Å²) < 4.78 is 3.31. The first-order chi connectivity index (χ1) is 15.2. The third-order valence-corrected chi connectivity index (χ3v) is 6.22. The SMILES string of the molecule is CC(=O)N(c1cnn(C)c1)[C@H]1CC[C@H](Nc2ncc3cc(Cl)c(=O)n(C(C)C)c3n2)CC1. The highest BCUT2D eigenvalue weighted by atomic mass is 35.5. The minimum atomic E-state index is -0.251. The van der Waals surface area contributed by atoms with Gasteiger partial charge in [0, 0.05) is 49.9 Å². The molecule has 3 heterocycles. The zero-order valence-corrected chi connectivity index (χ0v) is 19.5. The third-order valence-electron chi connectivity index (χ3n) is 5.95. The van der Waals surface area contributed by atoms with Crippen molar-refractivity contribution in [2.45, 2.75) is 64.6 Å². The average Bonchev–Trinajstić information content (AvgIpc) is 3.15. The lowest BCUT2D eigenvalue weighted by molar-refractivity contribution is -0.117. The van der Waals surface area contributed by atoms with Gasteiger partial charge in [-0.3, -0.25) is 18.8 Å². The Morgan fingerprint density at radius 2 is 1.97 bits per heavy atom. The quantitative estimate of drug-likeness (QED) is 0.629.